The number of benzene rings is 3. The summed E-state index contributed by atoms with van der Waals surface area (Å²) in [4.78, 5) is 12.0. The molecule has 0 aliphatic carbocycles. The van der Waals surface area contributed by atoms with Gasteiger partial charge in [-0.25, -0.2) is 0 Å². The van der Waals surface area contributed by atoms with Gasteiger partial charge in [-0.2, -0.15) is 5.26 Å². The quantitative estimate of drug-likeness (QED) is 0.430. The minimum Gasteiger partial charge on any atom is -0.326 e. The largest absolute Gasteiger partial charge is 0.326 e. The Kier molecular flexibility index (Phi) is 6.40. The first-order valence-corrected chi connectivity index (χ1v) is 9.19. The van der Waals surface area contributed by atoms with Crippen LogP contribution in [0.1, 0.15) is 5.56 Å². The Labute approximate surface area is 162 Å². The van der Waals surface area contributed by atoms with E-state index in [1.807, 2.05) is 78.9 Å². The van der Waals surface area contributed by atoms with Gasteiger partial charge in [0.05, 0.1) is 11.8 Å². The van der Waals surface area contributed by atoms with Crippen LogP contribution in [0, 0.1) is 16.2 Å². The van der Waals surface area contributed by atoms with E-state index in [4.69, 9.17) is 0 Å². The van der Waals surface area contributed by atoms with Gasteiger partial charge in [0.15, 0.2) is 0 Å². The molecule has 1 atom stereocenters. The molecule has 0 saturated carbocycles. The van der Waals surface area contributed by atoms with Crippen LogP contribution in [0.3, 0.4) is 0 Å². The van der Waals surface area contributed by atoms with Crippen molar-refractivity contribution in [2.45, 2.75) is 10.9 Å². The number of rotatable bonds is 7. The molecule has 0 saturated heterocycles. The molecule has 132 valence electrons. The number of hydrogen-bond acceptors (Lipinski definition) is 5. The zero-order valence-corrected chi connectivity index (χ0v) is 15.3. The van der Waals surface area contributed by atoms with E-state index >= 15 is 0 Å². The predicted molar refractivity (Wildman–Crippen MR) is 110 cm³/mol. The van der Waals surface area contributed by atoms with Gasteiger partial charge in [-0.15, -0.1) is 4.91 Å². The summed E-state index contributed by atoms with van der Waals surface area (Å²) in [6.45, 7) is 0. The molecule has 0 aliphatic rings. The molecule has 4 nitrogen and oxygen atoms in total. The van der Waals surface area contributed by atoms with Crippen LogP contribution in [0.4, 0.5) is 0 Å². The van der Waals surface area contributed by atoms with Gasteiger partial charge in [0, 0.05) is 4.90 Å². The fourth-order valence-corrected chi connectivity index (χ4v) is 3.19. The molecule has 0 fully saturated rings. The van der Waals surface area contributed by atoms with E-state index in [0.717, 1.165) is 21.6 Å². The van der Waals surface area contributed by atoms with Crippen LogP contribution in [0.15, 0.2) is 101 Å². The van der Waals surface area contributed by atoms with Crippen molar-refractivity contribution in [3.8, 4) is 17.2 Å². The Morgan fingerprint density at radius 1 is 0.926 bits per heavy atom. The number of nitrogens with one attached hydrogen (secondary N) is 1. The van der Waals surface area contributed by atoms with Crippen molar-refractivity contribution in [2.24, 2.45) is 5.18 Å². The lowest BCUT2D eigenvalue weighted by molar-refractivity contribution is 0.915. The molecule has 0 bridgehead atoms. The van der Waals surface area contributed by atoms with Gasteiger partial charge in [0.1, 0.15) is 0 Å². The molecule has 3 aromatic rings. The standard InChI is InChI=1S/C22H17N3OS/c23-16-22(24-26)21(15-17-7-3-1-4-8-17)25-27-20-13-11-19(12-14-20)18-9-5-2-6-10-18/h1-15,22,25H/b21-15+. The van der Waals surface area contributed by atoms with E-state index in [9.17, 15) is 10.2 Å². The summed E-state index contributed by atoms with van der Waals surface area (Å²) in [7, 11) is 0. The highest BCUT2D eigenvalue weighted by Gasteiger charge is 2.14. The highest BCUT2D eigenvalue weighted by Crippen LogP contribution is 2.24. The fraction of sp³-hybridized carbons (Fsp3) is 0.0455. The van der Waals surface area contributed by atoms with Crippen molar-refractivity contribution in [3.63, 3.8) is 0 Å². The van der Waals surface area contributed by atoms with Crippen molar-refractivity contribution in [2.75, 3.05) is 0 Å². The second-order valence-electron chi connectivity index (χ2n) is 5.74. The molecule has 27 heavy (non-hydrogen) atoms. The number of nitrogens with zero attached hydrogens (tertiary/aromatic N) is 2. The van der Waals surface area contributed by atoms with E-state index in [1.165, 1.54) is 11.9 Å². The van der Waals surface area contributed by atoms with Crippen LogP contribution >= 0.6 is 11.9 Å². The summed E-state index contributed by atoms with van der Waals surface area (Å²) in [5.74, 6) is 0. The van der Waals surface area contributed by atoms with E-state index in [0.29, 0.717) is 5.70 Å². The molecule has 0 aliphatic heterocycles. The summed E-state index contributed by atoms with van der Waals surface area (Å²) in [6, 6.07) is 28.6. The fourth-order valence-electron chi connectivity index (χ4n) is 2.51. The number of nitroso groups, excluding NO2 is 1. The molecule has 0 radical (unpaired) electrons. The van der Waals surface area contributed by atoms with Crippen LogP contribution in [-0.4, -0.2) is 6.04 Å². The zero-order chi connectivity index (χ0) is 18.9. The third-order valence-corrected chi connectivity index (χ3v) is 4.74. The van der Waals surface area contributed by atoms with Crippen molar-refractivity contribution in [1.82, 2.24) is 4.72 Å². The van der Waals surface area contributed by atoms with Gasteiger partial charge < -0.3 is 4.72 Å². The van der Waals surface area contributed by atoms with E-state index < -0.39 is 6.04 Å². The van der Waals surface area contributed by atoms with Crippen LogP contribution in [-0.2, 0) is 0 Å². The molecular formula is C22H17N3OS. The maximum absolute atomic E-state index is 11.0. The normalized spacial score (nSPS) is 12.0. The maximum atomic E-state index is 11.0. The molecule has 0 heterocycles. The smallest absolute Gasteiger partial charge is 0.218 e. The number of nitriles is 1. The van der Waals surface area contributed by atoms with Gasteiger partial charge in [-0.05, 0) is 52.0 Å². The topological polar surface area (TPSA) is 65.2 Å². The van der Waals surface area contributed by atoms with Crippen LogP contribution in [0.25, 0.3) is 17.2 Å². The molecule has 0 amide bonds. The number of hydrogen-bond donors (Lipinski definition) is 1. The first-order valence-electron chi connectivity index (χ1n) is 8.37. The average Bonchev–Trinajstić information content (AvgIpc) is 2.74. The first-order chi connectivity index (χ1) is 13.3. The second-order valence-corrected chi connectivity index (χ2v) is 6.62. The summed E-state index contributed by atoms with van der Waals surface area (Å²) < 4.78 is 3.11. The summed E-state index contributed by atoms with van der Waals surface area (Å²) in [6.07, 6.45) is 1.76. The summed E-state index contributed by atoms with van der Waals surface area (Å²) in [5, 5.41) is 12.1. The lowest BCUT2D eigenvalue weighted by Gasteiger charge is -2.11. The molecule has 3 rings (SSSR count). The van der Waals surface area contributed by atoms with E-state index in [1.54, 1.807) is 6.08 Å². The van der Waals surface area contributed by atoms with Crippen LogP contribution in [0.2, 0.25) is 0 Å². The maximum Gasteiger partial charge on any atom is 0.218 e. The Bertz CT molecular complexity index is 948. The zero-order valence-electron chi connectivity index (χ0n) is 14.4. The lowest BCUT2D eigenvalue weighted by atomic mass is 10.1. The average molecular weight is 371 g/mol. The monoisotopic (exact) mass is 371 g/mol. The molecule has 1 unspecified atom stereocenters. The predicted octanol–water partition coefficient (Wildman–Crippen LogP) is 5.65. The Hall–Kier alpha value is -3.36. The molecule has 1 N–H and O–H groups in total. The third-order valence-electron chi connectivity index (χ3n) is 3.89. The highest BCUT2D eigenvalue weighted by molar-refractivity contribution is 7.97. The minimum absolute atomic E-state index is 0.454. The van der Waals surface area contributed by atoms with Gasteiger partial charge in [-0.3, -0.25) is 0 Å². The van der Waals surface area contributed by atoms with Gasteiger partial charge >= 0.3 is 0 Å². The van der Waals surface area contributed by atoms with Crippen molar-refractivity contribution < 1.29 is 0 Å². The van der Waals surface area contributed by atoms with Crippen molar-refractivity contribution >= 4 is 18.0 Å². The summed E-state index contributed by atoms with van der Waals surface area (Å²) in [5.41, 5.74) is 3.63. The van der Waals surface area contributed by atoms with Gasteiger partial charge in [0.25, 0.3) is 0 Å². The molecule has 3 aromatic carbocycles. The van der Waals surface area contributed by atoms with E-state index in [2.05, 4.69) is 22.0 Å². The van der Waals surface area contributed by atoms with Crippen molar-refractivity contribution in [3.05, 3.63) is 101 Å². The molecular weight excluding hydrogens is 354 g/mol. The Morgan fingerprint density at radius 3 is 2.11 bits per heavy atom. The molecule has 0 spiro atoms. The Morgan fingerprint density at radius 2 is 1.52 bits per heavy atom. The lowest BCUT2D eigenvalue weighted by Crippen LogP contribution is -2.15. The second kappa shape index (κ2) is 9.37. The van der Waals surface area contributed by atoms with Gasteiger partial charge in [0.2, 0.25) is 6.04 Å². The highest BCUT2D eigenvalue weighted by atomic mass is 32.2. The SMILES string of the molecule is N#CC(N=O)/C(=C\c1ccccc1)NSc1ccc(-c2ccccc2)cc1. The van der Waals surface area contributed by atoms with E-state index in [-0.39, 0.29) is 0 Å². The molecule has 5 heteroatoms. The van der Waals surface area contributed by atoms with Crippen LogP contribution in [0.5, 0.6) is 0 Å². The molecule has 0 aromatic heterocycles. The summed E-state index contributed by atoms with van der Waals surface area (Å²) >= 11 is 1.34. The minimum atomic E-state index is -1.08. The van der Waals surface area contributed by atoms with Crippen LogP contribution < -0.4 is 4.72 Å². The Balaban J connectivity index is 1.74. The van der Waals surface area contributed by atoms with Crippen molar-refractivity contribution in [1.29, 1.82) is 5.26 Å². The third kappa shape index (κ3) is 5.06. The first kappa shape index (κ1) is 18.4. The van der Waals surface area contributed by atoms with Gasteiger partial charge in [-0.1, -0.05) is 72.8 Å².